The van der Waals surface area contributed by atoms with Gasteiger partial charge in [0.1, 0.15) is 0 Å². The van der Waals surface area contributed by atoms with Crippen LogP contribution in [0, 0.1) is 0 Å². The summed E-state index contributed by atoms with van der Waals surface area (Å²) in [5.41, 5.74) is 0. The fourth-order valence-corrected chi connectivity index (χ4v) is 3.61. The Hall–Kier alpha value is 0.400. The van der Waals surface area contributed by atoms with Crippen LogP contribution in [0.2, 0.25) is 0 Å². The summed E-state index contributed by atoms with van der Waals surface area (Å²) in [6.07, 6.45) is 11.3. The second-order valence-electron chi connectivity index (χ2n) is 5.38. The summed E-state index contributed by atoms with van der Waals surface area (Å²) in [6.45, 7) is 3.01. The lowest BCUT2D eigenvalue weighted by Gasteiger charge is -2.42. The molecule has 2 rings (SSSR count). The number of hydrogen-bond acceptors (Lipinski definition) is 2. The van der Waals surface area contributed by atoms with Crippen molar-refractivity contribution in [3.63, 3.8) is 0 Å². The molecular weight excluding hydrogens is 280 g/mol. The first kappa shape index (κ1) is 13.8. The summed E-state index contributed by atoms with van der Waals surface area (Å²) in [5.74, 6) is 0. The summed E-state index contributed by atoms with van der Waals surface area (Å²) >= 11 is 3.67. The SMILES string of the molecule is CCCOC1C(Br)CC1OC1CCCCCC1. The molecule has 100 valence electrons. The number of hydrogen-bond donors (Lipinski definition) is 0. The van der Waals surface area contributed by atoms with Gasteiger partial charge in [0.15, 0.2) is 0 Å². The molecule has 2 aliphatic carbocycles. The lowest BCUT2D eigenvalue weighted by atomic mass is 9.91. The van der Waals surface area contributed by atoms with Crippen LogP contribution in [-0.4, -0.2) is 29.7 Å². The van der Waals surface area contributed by atoms with E-state index in [1.165, 1.54) is 38.5 Å². The first-order chi connectivity index (χ1) is 8.31. The molecule has 0 heterocycles. The van der Waals surface area contributed by atoms with Gasteiger partial charge in [0.2, 0.25) is 0 Å². The van der Waals surface area contributed by atoms with E-state index >= 15 is 0 Å². The van der Waals surface area contributed by atoms with Crippen LogP contribution >= 0.6 is 15.9 Å². The highest BCUT2D eigenvalue weighted by atomic mass is 79.9. The Morgan fingerprint density at radius 3 is 2.41 bits per heavy atom. The van der Waals surface area contributed by atoms with Gasteiger partial charge >= 0.3 is 0 Å². The molecule has 2 saturated carbocycles. The molecule has 0 aromatic heterocycles. The topological polar surface area (TPSA) is 18.5 Å². The van der Waals surface area contributed by atoms with E-state index in [2.05, 4.69) is 22.9 Å². The van der Waals surface area contributed by atoms with Gasteiger partial charge < -0.3 is 9.47 Å². The number of halogens is 1. The van der Waals surface area contributed by atoms with Gasteiger partial charge in [-0.1, -0.05) is 48.5 Å². The second kappa shape index (κ2) is 7.10. The molecule has 2 fully saturated rings. The Labute approximate surface area is 114 Å². The minimum atomic E-state index is 0.290. The molecule has 3 atom stereocenters. The first-order valence-corrected chi connectivity index (χ1v) is 8.14. The molecule has 0 N–H and O–H groups in total. The van der Waals surface area contributed by atoms with Crippen molar-refractivity contribution < 1.29 is 9.47 Å². The van der Waals surface area contributed by atoms with Crippen molar-refractivity contribution in [3.05, 3.63) is 0 Å². The molecule has 3 heteroatoms. The molecule has 3 unspecified atom stereocenters. The fourth-order valence-electron chi connectivity index (χ4n) is 2.75. The van der Waals surface area contributed by atoms with Crippen LogP contribution in [0.25, 0.3) is 0 Å². The number of rotatable bonds is 5. The smallest absolute Gasteiger partial charge is 0.0962 e. The average molecular weight is 305 g/mol. The highest BCUT2D eigenvalue weighted by molar-refractivity contribution is 9.09. The van der Waals surface area contributed by atoms with Gasteiger partial charge in [-0.2, -0.15) is 0 Å². The van der Waals surface area contributed by atoms with Crippen LogP contribution in [-0.2, 0) is 9.47 Å². The quantitative estimate of drug-likeness (QED) is 0.563. The third-order valence-corrected chi connectivity index (χ3v) is 4.76. The van der Waals surface area contributed by atoms with Gasteiger partial charge in [-0.3, -0.25) is 0 Å². The van der Waals surface area contributed by atoms with E-state index in [9.17, 15) is 0 Å². The standard InChI is InChI=1S/C14H25BrO2/c1-2-9-16-14-12(15)10-13(14)17-11-7-5-3-4-6-8-11/h11-14H,2-10H2,1H3. The van der Waals surface area contributed by atoms with E-state index in [-0.39, 0.29) is 0 Å². The predicted octanol–water partition coefficient (Wildman–Crippen LogP) is 4.06. The van der Waals surface area contributed by atoms with Crippen molar-refractivity contribution in [1.29, 1.82) is 0 Å². The van der Waals surface area contributed by atoms with Gasteiger partial charge in [0.05, 0.1) is 18.3 Å². The molecule has 0 aromatic carbocycles. The second-order valence-corrected chi connectivity index (χ2v) is 6.55. The molecule has 0 radical (unpaired) electrons. The van der Waals surface area contributed by atoms with Crippen molar-refractivity contribution in [2.75, 3.05) is 6.61 Å². The number of ether oxygens (including phenoxy) is 2. The summed E-state index contributed by atoms with van der Waals surface area (Å²) < 4.78 is 12.1. The lowest BCUT2D eigenvalue weighted by Crippen LogP contribution is -2.52. The fraction of sp³-hybridized carbons (Fsp3) is 1.00. The van der Waals surface area contributed by atoms with Crippen molar-refractivity contribution in [2.24, 2.45) is 0 Å². The van der Waals surface area contributed by atoms with E-state index in [0.717, 1.165) is 19.4 Å². The first-order valence-electron chi connectivity index (χ1n) is 7.22. The third kappa shape index (κ3) is 3.93. The van der Waals surface area contributed by atoms with Crippen LogP contribution in [0.5, 0.6) is 0 Å². The molecule has 0 aliphatic heterocycles. The molecular formula is C14H25BrO2. The third-order valence-electron chi connectivity index (χ3n) is 3.86. The van der Waals surface area contributed by atoms with Crippen molar-refractivity contribution in [3.8, 4) is 0 Å². The summed E-state index contributed by atoms with van der Waals surface area (Å²) in [5, 5.41) is 0. The molecule has 2 aliphatic rings. The largest absolute Gasteiger partial charge is 0.374 e. The van der Waals surface area contributed by atoms with Crippen LogP contribution in [0.3, 0.4) is 0 Å². The van der Waals surface area contributed by atoms with E-state index < -0.39 is 0 Å². The summed E-state index contributed by atoms with van der Waals surface area (Å²) in [4.78, 5) is 0.504. The summed E-state index contributed by atoms with van der Waals surface area (Å²) in [6, 6.07) is 0. The van der Waals surface area contributed by atoms with Crippen molar-refractivity contribution >= 4 is 15.9 Å². The van der Waals surface area contributed by atoms with Gasteiger partial charge in [-0.05, 0) is 25.7 Å². The minimum absolute atomic E-state index is 0.290. The van der Waals surface area contributed by atoms with Gasteiger partial charge in [0, 0.05) is 11.4 Å². The van der Waals surface area contributed by atoms with Crippen LogP contribution < -0.4 is 0 Å². The van der Waals surface area contributed by atoms with Gasteiger partial charge in [-0.25, -0.2) is 0 Å². The highest BCUT2D eigenvalue weighted by Crippen LogP contribution is 2.35. The zero-order valence-electron chi connectivity index (χ0n) is 10.9. The molecule has 0 bridgehead atoms. The Morgan fingerprint density at radius 2 is 1.82 bits per heavy atom. The summed E-state index contributed by atoms with van der Waals surface area (Å²) in [7, 11) is 0. The highest BCUT2D eigenvalue weighted by Gasteiger charge is 2.42. The van der Waals surface area contributed by atoms with E-state index in [4.69, 9.17) is 9.47 Å². The monoisotopic (exact) mass is 304 g/mol. The molecule has 0 spiro atoms. The average Bonchev–Trinajstić information content (AvgIpc) is 2.57. The Bertz CT molecular complexity index is 214. The van der Waals surface area contributed by atoms with Gasteiger partial charge in [0.25, 0.3) is 0 Å². The van der Waals surface area contributed by atoms with Crippen LogP contribution in [0.1, 0.15) is 58.3 Å². The molecule has 0 amide bonds. The van der Waals surface area contributed by atoms with Crippen LogP contribution in [0.4, 0.5) is 0 Å². The minimum Gasteiger partial charge on any atom is -0.374 e. The molecule has 2 nitrogen and oxygen atoms in total. The predicted molar refractivity (Wildman–Crippen MR) is 73.7 cm³/mol. The maximum absolute atomic E-state index is 6.23. The lowest BCUT2D eigenvalue weighted by molar-refractivity contribution is -0.147. The normalized spacial score (nSPS) is 35.3. The molecule has 0 saturated heterocycles. The van der Waals surface area contributed by atoms with Crippen LogP contribution in [0.15, 0.2) is 0 Å². The maximum atomic E-state index is 6.23. The Morgan fingerprint density at radius 1 is 1.12 bits per heavy atom. The Kier molecular flexibility index (Phi) is 5.78. The number of alkyl halides is 1. The molecule has 0 aromatic rings. The van der Waals surface area contributed by atoms with Gasteiger partial charge in [-0.15, -0.1) is 0 Å². The van der Waals surface area contributed by atoms with E-state index in [0.29, 0.717) is 23.1 Å². The zero-order chi connectivity index (χ0) is 12.1. The zero-order valence-corrected chi connectivity index (χ0v) is 12.5. The van der Waals surface area contributed by atoms with Crippen molar-refractivity contribution in [1.82, 2.24) is 0 Å². The van der Waals surface area contributed by atoms with E-state index in [1.807, 2.05) is 0 Å². The molecule has 17 heavy (non-hydrogen) atoms. The maximum Gasteiger partial charge on any atom is 0.0962 e. The van der Waals surface area contributed by atoms with Crippen molar-refractivity contribution in [2.45, 2.75) is 81.4 Å². The van der Waals surface area contributed by atoms with E-state index in [1.54, 1.807) is 0 Å². The Balaban J connectivity index is 1.73.